The Labute approximate surface area is 142 Å². The average Bonchev–Trinajstić information content (AvgIpc) is 2.76. The Balaban J connectivity index is 2.02. The third-order valence-corrected chi connectivity index (χ3v) is 5.49. The third-order valence-electron chi connectivity index (χ3n) is 3.88. The van der Waals surface area contributed by atoms with Crippen LogP contribution in [0.3, 0.4) is 0 Å². The molecule has 0 radical (unpaired) electrons. The van der Waals surface area contributed by atoms with Crippen LogP contribution in [-0.4, -0.2) is 17.0 Å². The lowest BCUT2D eigenvalue weighted by molar-refractivity contribution is -0.153. The van der Waals surface area contributed by atoms with Crippen molar-refractivity contribution in [3.8, 4) is 5.75 Å². The number of nitrogens with two attached hydrogens (primary N) is 1. The van der Waals surface area contributed by atoms with Gasteiger partial charge in [0.1, 0.15) is 5.75 Å². The first-order chi connectivity index (χ1) is 11.3. The lowest BCUT2D eigenvalue weighted by Crippen LogP contribution is -2.19. The standard InChI is InChI=1S/C17H22F3NO2S/c1-2-3-4-5-6-7-14-16(21)13-9-8-12(10-15(13)24(14)22)23-11-17(18,19)20/h8-10H,2-7,11,21H2,1H3. The molecule has 1 atom stereocenters. The molecule has 0 saturated carbocycles. The highest BCUT2D eigenvalue weighted by atomic mass is 32.2. The van der Waals surface area contributed by atoms with E-state index < -0.39 is 23.6 Å². The highest BCUT2D eigenvalue weighted by Crippen LogP contribution is 2.38. The smallest absolute Gasteiger partial charge is 0.422 e. The summed E-state index contributed by atoms with van der Waals surface area (Å²) in [5.41, 5.74) is 7.20. The van der Waals surface area contributed by atoms with Crippen LogP contribution in [0.5, 0.6) is 5.75 Å². The Hall–Kier alpha value is -1.50. The summed E-state index contributed by atoms with van der Waals surface area (Å²) in [5, 5.41) is 0. The lowest BCUT2D eigenvalue weighted by Gasteiger charge is -2.10. The number of unbranched alkanes of at least 4 members (excludes halogenated alkanes) is 4. The quantitative estimate of drug-likeness (QED) is 0.681. The fourth-order valence-corrected chi connectivity index (χ4v) is 4.14. The molecule has 0 saturated heterocycles. The van der Waals surface area contributed by atoms with Crippen molar-refractivity contribution < 1.29 is 22.1 Å². The number of allylic oxidation sites excluding steroid dienone is 1. The summed E-state index contributed by atoms with van der Waals surface area (Å²) in [6, 6.07) is 4.41. The second-order valence-corrected chi connectivity index (χ2v) is 7.30. The van der Waals surface area contributed by atoms with Crippen LogP contribution in [0.25, 0.3) is 5.70 Å². The second-order valence-electron chi connectivity index (χ2n) is 5.83. The van der Waals surface area contributed by atoms with E-state index in [0.717, 1.165) is 25.7 Å². The molecular weight excluding hydrogens is 339 g/mol. The number of fused-ring (bicyclic) bond motifs is 1. The van der Waals surface area contributed by atoms with E-state index in [1.807, 2.05) is 0 Å². The number of alkyl halides is 3. The Bertz CT molecular complexity index is 641. The molecule has 1 heterocycles. The van der Waals surface area contributed by atoms with Gasteiger partial charge in [-0.1, -0.05) is 32.6 Å². The van der Waals surface area contributed by atoms with E-state index in [0.29, 0.717) is 27.5 Å². The maximum Gasteiger partial charge on any atom is 0.422 e. The van der Waals surface area contributed by atoms with Gasteiger partial charge in [0.05, 0.1) is 21.4 Å². The predicted octanol–water partition coefficient (Wildman–Crippen LogP) is 4.74. The molecule has 7 heteroatoms. The van der Waals surface area contributed by atoms with Gasteiger partial charge in [0, 0.05) is 10.5 Å². The van der Waals surface area contributed by atoms with Crippen LogP contribution in [0.2, 0.25) is 0 Å². The van der Waals surface area contributed by atoms with Gasteiger partial charge >= 0.3 is 6.18 Å². The topological polar surface area (TPSA) is 52.3 Å². The molecule has 134 valence electrons. The van der Waals surface area contributed by atoms with Crippen LogP contribution in [0, 0.1) is 0 Å². The molecule has 2 rings (SSSR count). The number of rotatable bonds is 8. The zero-order valence-corrected chi connectivity index (χ0v) is 14.4. The van der Waals surface area contributed by atoms with E-state index in [1.165, 1.54) is 18.6 Å². The van der Waals surface area contributed by atoms with Gasteiger partial charge in [0.2, 0.25) is 0 Å². The number of hydrogen-bond donors (Lipinski definition) is 1. The Morgan fingerprint density at radius 3 is 2.54 bits per heavy atom. The minimum Gasteiger partial charge on any atom is -0.484 e. The molecule has 0 aliphatic carbocycles. The molecule has 1 unspecified atom stereocenters. The van der Waals surface area contributed by atoms with Crippen molar-refractivity contribution in [2.45, 2.75) is 56.5 Å². The fraction of sp³-hybridized carbons (Fsp3) is 0.529. The Kier molecular flexibility index (Phi) is 6.32. The molecule has 0 fully saturated rings. The minimum atomic E-state index is -4.40. The molecule has 1 aromatic rings. The molecule has 0 amide bonds. The van der Waals surface area contributed by atoms with Crippen LogP contribution < -0.4 is 10.5 Å². The molecule has 24 heavy (non-hydrogen) atoms. The first-order valence-electron chi connectivity index (χ1n) is 8.08. The van der Waals surface area contributed by atoms with Gasteiger partial charge in [-0.15, -0.1) is 0 Å². The van der Waals surface area contributed by atoms with Crippen LogP contribution in [0.4, 0.5) is 13.2 Å². The Morgan fingerprint density at radius 1 is 1.17 bits per heavy atom. The normalized spacial score (nSPS) is 17.2. The minimum absolute atomic E-state index is 0.0522. The summed E-state index contributed by atoms with van der Waals surface area (Å²) in [7, 11) is -1.41. The van der Waals surface area contributed by atoms with Gasteiger partial charge in [0.25, 0.3) is 0 Å². The van der Waals surface area contributed by atoms with Crippen molar-refractivity contribution in [1.82, 2.24) is 0 Å². The van der Waals surface area contributed by atoms with Gasteiger partial charge < -0.3 is 10.5 Å². The average molecular weight is 361 g/mol. The first-order valence-corrected chi connectivity index (χ1v) is 9.23. The van der Waals surface area contributed by atoms with Gasteiger partial charge in [-0.05, 0) is 31.0 Å². The van der Waals surface area contributed by atoms with Crippen molar-refractivity contribution in [3.63, 3.8) is 0 Å². The molecule has 0 aromatic heterocycles. The van der Waals surface area contributed by atoms with Crippen molar-refractivity contribution >= 4 is 16.5 Å². The van der Waals surface area contributed by atoms with Crippen LogP contribution in [-0.2, 0) is 10.8 Å². The SMILES string of the molecule is CCCCCCCC1=C(N)c2ccc(OCC(F)(F)F)cc2S1=O. The second kappa shape index (κ2) is 8.05. The molecule has 1 aromatic carbocycles. The van der Waals surface area contributed by atoms with Crippen LogP contribution >= 0.6 is 0 Å². The van der Waals surface area contributed by atoms with Crippen LogP contribution in [0.15, 0.2) is 28.0 Å². The summed E-state index contributed by atoms with van der Waals surface area (Å²) in [6.07, 6.45) is 1.68. The van der Waals surface area contributed by atoms with Crippen molar-refractivity contribution in [2.24, 2.45) is 5.73 Å². The highest BCUT2D eigenvalue weighted by molar-refractivity contribution is 7.89. The molecule has 1 aliphatic heterocycles. The largest absolute Gasteiger partial charge is 0.484 e. The van der Waals surface area contributed by atoms with Gasteiger partial charge in [0.15, 0.2) is 6.61 Å². The fourth-order valence-electron chi connectivity index (χ4n) is 2.63. The molecule has 2 N–H and O–H groups in total. The summed E-state index contributed by atoms with van der Waals surface area (Å²) < 4.78 is 54.0. The van der Waals surface area contributed by atoms with Crippen molar-refractivity contribution in [2.75, 3.05) is 6.61 Å². The highest BCUT2D eigenvalue weighted by Gasteiger charge is 2.30. The first kappa shape index (κ1) is 18.8. The maximum absolute atomic E-state index is 12.6. The van der Waals surface area contributed by atoms with Gasteiger partial charge in [-0.2, -0.15) is 13.2 Å². The zero-order chi connectivity index (χ0) is 17.7. The summed E-state index contributed by atoms with van der Waals surface area (Å²) in [4.78, 5) is 1.12. The molecule has 0 spiro atoms. The van der Waals surface area contributed by atoms with E-state index in [2.05, 4.69) is 6.92 Å². The monoisotopic (exact) mass is 361 g/mol. The van der Waals surface area contributed by atoms with Crippen molar-refractivity contribution in [1.29, 1.82) is 0 Å². The Morgan fingerprint density at radius 2 is 1.88 bits per heavy atom. The molecule has 3 nitrogen and oxygen atoms in total. The van der Waals surface area contributed by atoms with E-state index in [4.69, 9.17) is 10.5 Å². The van der Waals surface area contributed by atoms with Gasteiger partial charge in [-0.3, -0.25) is 0 Å². The zero-order valence-electron chi connectivity index (χ0n) is 13.6. The van der Waals surface area contributed by atoms with Crippen LogP contribution in [0.1, 0.15) is 51.0 Å². The lowest BCUT2D eigenvalue weighted by atomic mass is 10.1. The van der Waals surface area contributed by atoms with E-state index >= 15 is 0 Å². The summed E-state index contributed by atoms with van der Waals surface area (Å²) in [5.74, 6) is 0.0522. The number of halogens is 3. The van der Waals surface area contributed by atoms with E-state index in [1.54, 1.807) is 6.07 Å². The van der Waals surface area contributed by atoms with Crippen molar-refractivity contribution in [3.05, 3.63) is 28.7 Å². The summed E-state index contributed by atoms with van der Waals surface area (Å²) in [6.45, 7) is 0.771. The maximum atomic E-state index is 12.6. The molecule has 1 aliphatic rings. The molecule has 0 bridgehead atoms. The summed E-state index contributed by atoms with van der Waals surface area (Å²) >= 11 is 0. The van der Waals surface area contributed by atoms with E-state index in [-0.39, 0.29) is 5.75 Å². The number of benzene rings is 1. The third kappa shape index (κ3) is 4.75. The number of hydrogen-bond acceptors (Lipinski definition) is 3. The number of ether oxygens (including phenoxy) is 1. The molecular formula is C17H22F3NO2S. The van der Waals surface area contributed by atoms with E-state index in [9.17, 15) is 17.4 Å². The van der Waals surface area contributed by atoms with Gasteiger partial charge in [-0.25, -0.2) is 4.21 Å². The predicted molar refractivity (Wildman–Crippen MR) is 88.9 cm³/mol.